The molecule has 64 heavy (non-hydrogen) atoms. The number of hydrogen-bond acceptors (Lipinski definition) is 3. The minimum atomic E-state index is -0.116. The highest BCUT2D eigenvalue weighted by Crippen LogP contribution is 2.52. The first-order valence-electron chi connectivity index (χ1n) is 22.9. The van der Waals surface area contributed by atoms with Crippen molar-refractivity contribution < 1.29 is 0 Å². The molecule has 8 aromatic carbocycles. The number of hydrogen-bond donors (Lipinski definition) is 0. The van der Waals surface area contributed by atoms with E-state index < -0.39 is 0 Å². The summed E-state index contributed by atoms with van der Waals surface area (Å²) in [4.78, 5) is 5.33. The van der Waals surface area contributed by atoms with Crippen molar-refractivity contribution >= 4 is 77.7 Å². The molecular formula is C60H55BN2S. The average Bonchev–Trinajstić information content (AvgIpc) is 3.67. The molecule has 0 fully saturated rings. The van der Waals surface area contributed by atoms with E-state index in [1.54, 1.807) is 0 Å². The average molecular weight is 847 g/mol. The van der Waals surface area contributed by atoms with Crippen LogP contribution in [0, 0.1) is 0 Å². The number of anilines is 5. The second-order valence-corrected chi connectivity index (χ2v) is 22.1. The lowest BCUT2D eigenvalue weighted by atomic mass is 9.43. The smallest absolute Gasteiger partial charge is 0.334 e. The van der Waals surface area contributed by atoms with Crippen LogP contribution in [0.5, 0.6) is 0 Å². The quantitative estimate of drug-likeness (QED) is 0.163. The molecule has 2 aliphatic rings. The molecule has 0 bridgehead atoms. The maximum atomic E-state index is 2.69. The van der Waals surface area contributed by atoms with Gasteiger partial charge in [0.25, 0.3) is 0 Å². The van der Waals surface area contributed by atoms with Crippen LogP contribution in [-0.4, -0.2) is 6.85 Å². The Bertz CT molecular complexity index is 3270. The number of nitrogens with zero attached hydrogens (tertiary/aromatic N) is 2. The predicted octanol–water partition coefficient (Wildman–Crippen LogP) is 16.0. The molecule has 4 heteroatoms. The molecule has 11 rings (SSSR count). The maximum absolute atomic E-state index is 2.69. The molecule has 9 aromatic rings. The Labute approximate surface area is 384 Å². The molecule has 0 saturated heterocycles. The third kappa shape index (κ3) is 6.52. The first-order chi connectivity index (χ1) is 30.6. The third-order valence-electron chi connectivity index (χ3n) is 13.7. The van der Waals surface area contributed by atoms with E-state index in [0.29, 0.717) is 0 Å². The van der Waals surface area contributed by atoms with Crippen molar-refractivity contribution in [1.29, 1.82) is 0 Å². The van der Waals surface area contributed by atoms with E-state index in [-0.39, 0.29) is 23.1 Å². The maximum Gasteiger partial charge on any atom is 0.334 e. The van der Waals surface area contributed by atoms with E-state index in [9.17, 15) is 0 Å². The zero-order valence-corrected chi connectivity index (χ0v) is 39.4. The lowest BCUT2D eigenvalue weighted by Gasteiger charge is -2.47. The number of thiophene rings is 1. The fourth-order valence-electron chi connectivity index (χ4n) is 10.2. The van der Waals surface area contributed by atoms with Gasteiger partial charge in [-0.2, -0.15) is 0 Å². The molecular weight excluding hydrogens is 792 g/mol. The third-order valence-corrected chi connectivity index (χ3v) is 14.9. The minimum absolute atomic E-state index is 0.0210. The van der Waals surface area contributed by atoms with Gasteiger partial charge in [0.2, 0.25) is 0 Å². The van der Waals surface area contributed by atoms with Gasteiger partial charge in [0.15, 0.2) is 0 Å². The summed E-state index contributed by atoms with van der Waals surface area (Å²) in [7, 11) is 0. The summed E-state index contributed by atoms with van der Waals surface area (Å²) >= 11 is 1.94. The second-order valence-electron chi connectivity index (χ2n) is 21.0. The van der Waals surface area contributed by atoms with Crippen molar-refractivity contribution in [3.63, 3.8) is 0 Å². The molecule has 3 heterocycles. The molecule has 0 atom stereocenters. The van der Waals surface area contributed by atoms with Crippen LogP contribution in [0.4, 0.5) is 28.4 Å². The van der Waals surface area contributed by atoms with Crippen LogP contribution < -0.4 is 20.6 Å². The van der Waals surface area contributed by atoms with Crippen molar-refractivity contribution in [2.24, 2.45) is 0 Å². The molecule has 0 spiro atoms. The van der Waals surface area contributed by atoms with Crippen molar-refractivity contribution in [2.75, 3.05) is 9.71 Å². The van der Waals surface area contributed by atoms with E-state index in [2.05, 4.69) is 242 Å². The summed E-state index contributed by atoms with van der Waals surface area (Å²) in [5.41, 5.74) is 20.1. The molecule has 2 nitrogen and oxygen atoms in total. The molecule has 0 aliphatic carbocycles. The van der Waals surface area contributed by atoms with Crippen LogP contribution in [-0.2, 0) is 16.2 Å². The van der Waals surface area contributed by atoms with Gasteiger partial charge >= 0.3 is 6.85 Å². The van der Waals surface area contributed by atoms with Gasteiger partial charge in [-0.3, -0.25) is 0 Å². The summed E-state index contributed by atoms with van der Waals surface area (Å²) in [5.74, 6) is 0. The second kappa shape index (κ2) is 14.6. The van der Waals surface area contributed by atoms with Gasteiger partial charge in [-0.15, -0.1) is 11.3 Å². The van der Waals surface area contributed by atoms with Gasteiger partial charge in [0, 0.05) is 54.0 Å². The Morgan fingerprint density at radius 1 is 0.391 bits per heavy atom. The van der Waals surface area contributed by atoms with E-state index in [4.69, 9.17) is 0 Å². The molecule has 314 valence electrons. The van der Waals surface area contributed by atoms with E-state index in [1.807, 2.05) is 11.3 Å². The lowest BCUT2D eigenvalue weighted by molar-refractivity contribution is 0.590. The van der Waals surface area contributed by atoms with Crippen molar-refractivity contribution in [3.05, 3.63) is 187 Å². The predicted molar refractivity (Wildman–Crippen MR) is 280 cm³/mol. The highest BCUT2D eigenvalue weighted by Gasteiger charge is 2.47. The minimum Gasteiger partial charge on any atom is -0.376 e. The molecule has 0 saturated carbocycles. The largest absolute Gasteiger partial charge is 0.376 e. The number of fused-ring (bicyclic) bond motifs is 8. The van der Waals surface area contributed by atoms with Gasteiger partial charge in [-0.1, -0.05) is 184 Å². The van der Waals surface area contributed by atoms with Gasteiger partial charge in [0.05, 0.1) is 5.69 Å². The van der Waals surface area contributed by atoms with Crippen LogP contribution >= 0.6 is 11.3 Å². The van der Waals surface area contributed by atoms with Crippen molar-refractivity contribution in [1.82, 2.24) is 0 Å². The van der Waals surface area contributed by atoms with Gasteiger partial charge in [-0.25, -0.2) is 0 Å². The van der Waals surface area contributed by atoms with Gasteiger partial charge in [-0.05, 0) is 115 Å². The van der Waals surface area contributed by atoms with Crippen LogP contribution in [0.1, 0.15) is 79.0 Å². The lowest BCUT2D eigenvalue weighted by Crippen LogP contribution is -2.61. The van der Waals surface area contributed by atoms with Crippen molar-refractivity contribution in [2.45, 2.75) is 78.6 Å². The number of benzene rings is 8. The summed E-state index contributed by atoms with van der Waals surface area (Å²) in [6.45, 7) is 20.9. The van der Waals surface area contributed by atoms with Crippen LogP contribution in [0.2, 0.25) is 0 Å². The molecule has 0 radical (unpaired) electrons. The fraction of sp³-hybridized carbons (Fsp3) is 0.200. The Morgan fingerprint density at radius 3 is 1.69 bits per heavy atom. The Hall–Kier alpha value is -6.36. The highest BCUT2D eigenvalue weighted by molar-refractivity contribution is 7.27. The van der Waals surface area contributed by atoms with Crippen LogP contribution in [0.15, 0.2) is 170 Å². The summed E-state index contributed by atoms with van der Waals surface area (Å²) < 4.78 is 2.66. The fourth-order valence-corrected chi connectivity index (χ4v) is 11.4. The van der Waals surface area contributed by atoms with E-state index in [0.717, 1.165) is 0 Å². The summed E-state index contributed by atoms with van der Waals surface area (Å²) in [5, 5.41) is 2.63. The van der Waals surface area contributed by atoms with Crippen LogP contribution in [0.3, 0.4) is 0 Å². The summed E-state index contributed by atoms with van der Waals surface area (Å²) in [6, 6.07) is 64.7. The van der Waals surface area contributed by atoms with Gasteiger partial charge < -0.3 is 9.71 Å². The Morgan fingerprint density at radius 2 is 1.00 bits per heavy atom. The topological polar surface area (TPSA) is 6.48 Å². The Balaban J connectivity index is 1.30. The Kier molecular flexibility index (Phi) is 9.21. The molecule has 1 aromatic heterocycles. The zero-order chi connectivity index (χ0) is 44.3. The first kappa shape index (κ1) is 40.4. The molecule has 0 unspecified atom stereocenters. The zero-order valence-electron chi connectivity index (χ0n) is 38.5. The van der Waals surface area contributed by atoms with E-state index >= 15 is 0 Å². The summed E-state index contributed by atoms with van der Waals surface area (Å²) in [6.07, 6.45) is 0. The first-order valence-corrected chi connectivity index (χ1v) is 23.7. The molecule has 2 aliphatic heterocycles. The molecule has 0 amide bonds. The van der Waals surface area contributed by atoms with Crippen LogP contribution in [0.25, 0.3) is 53.6 Å². The normalized spacial score (nSPS) is 13.6. The van der Waals surface area contributed by atoms with Gasteiger partial charge in [0.1, 0.15) is 0 Å². The molecule has 0 N–H and O–H groups in total. The van der Waals surface area contributed by atoms with E-state index in [1.165, 1.54) is 110 Å². The standard InChI is InChI=1S/C60H55BN2S/c1-58(2,3)41-25-28-44(29-26-41)63-52-34-40(38-18-12-10-13-19-38)24-30-45(52)49-36-43(60(7,8)9)37-53-55(49)61(63)56-51(33-31-47-46-22-16-17-23-54(46)64-57(47)56)62(53)50-32-27-42(59(4,5)6)35-48(50)39-20-14-11-15-21-39/h10-37H,1-9H3. The SMILES string of the molecule is CC(C)(C)c1ccc(N2B3c4c(cc(C(C)(C)C)cc4N(c4ccc(C(C)(C)C)cc4-c4ccccc4)c4ccc5c(sc6ccccc65)c43)-c3ccc(-c4ccccc4)cc32)cc1. The number of rotatable bonds is 4. The monoisotopic (exact) mass is 846 g/mol. The highest BCUT2D eigenvalue weighted by atomic mass is 32.1. The van der Waals surface area contributed by atoms with Crippen molar-refractivity contribution in [3.8, 4) is 33.4 Å².